The van der Waals surface area contributed by atoms with Crippen molar-refractivity contribution in [3.8, 4) is 0 Å². The molecule has 0 aromatic rings. The van der Waals surface area contributed by atoms with Crippen LogP contribution < -0.4 is 0 Å². The van der Waals surface area contributed by atoms with Gasteiger partial charge in [-0.25, -0.2) is 0 Å². The minimum absolute atomic E-state index is 0.223. The first-order valence-corrected chi connectivity index (χ1v) is 4.90. The fourth-order valence-corrected chi connectivity index (χ4v) is 1.13. The fourth-order valence-electron chi connectivity index (χ4n) is 0.880. The number of carboxylic acids is 2. The van der Waals surface area contributed by atoms with Crippen molar-refractivity contribution in [2.24, 2.45) is 0 Å². The van der Waals surface area contributed by atoms with E-state index in [0.717, 1.165) is 11.8 Å². The standard InChI is InChI=1S/C7H12BrNO4/c8-2-1-3-9(4-6(10)11)5-7(12)13/h1-5H2,(H,10,11)(H,12,13). The van der Waals surface area contributed by atoms with E-state index >= 15 is 0 Å². The Morgan fingerprint density at radius 2 is 1.62 bits per heavy atom. The van der Waals surface area contributed by atoms with Crippen LogP contribution in [-0.4, -0.2) is 52.0 Å². The van der Waals surface area contributed by atoms with Crippen molar-refractivity contribution in [2.75, 3.05) is 25.0 Å². The molecule has 2 N–H and O–H groups in total. The normalized spacial score (nSPS) is 10.3. The third-order valence-electron chi connectivity index (χ3n) is 1.33. The van der Waals surface area contributed by atoms with E-state index in [1.165, 1.54) is 4.90 Å². The van der Waals surface area contributed by atoms with E-state index in [9.17, 15) is 9.59 Å². The topological polar surface area (TPSA) is 77.8 Å². The molecule has 13 heavy (non-hydrogen) atoms. The van der Waals surface area contributed by atoms with Gasteiger partial charge < -0.3 is 10.2 Å². The second kappa shape index (κ2) is 6.85. The molecule has 0 aliphatic rings. The lowest BCUT2D eigenvalue weighted by Gasteiger charge is -2.16. The SMILES string of the molecule is O=C(O)CN(CCCBr)CC(=O)O. The quantitative estimate of drug-likeness (QED) is 0.636. The predicted octanol–water partition coefficient (Wildman–Crippen LogP) is 0.243. The fraction of sp³-hybridized carbons (Fsp3) is 0.714. The summed E-state index contributed by atoms with van der Waals surface area (Å²) in [5.41, 5.74) is 0. The molecule has 0 spiro atoms. The number of hydrogen-bond donors (Lipinski definition) is 2. The van der Waals surface area contributed by atoms with E-state index in [-0.39, 0.29) is 13.1 Å². The average Bonchev–Trinajstić information content (AvgIpc) is 1.98. The lowest BCUT2D eigenvalue weighted by atomic mass is 10.4. The molecule has 0 saturated heterocycles. The van der Waals surface area contributed by atoms with E-state index in [0.29, 0.717) is 6.54 Å². The highest BCUT2D eigenvalue weighted by Crippen LogP contribution is 1.94. The van der Waals surface area contributed by atoms with Crippen molar-refractivity contribution < 1.29 is 19.8 Å². The zero-order valence-corrected chi connectivity index (χ0v) is 8.66. The second-order valence-corrected chi connectivity index (χ2v) is 3.33. The summed E-state index contributed by atoms with van der Waals surface area (Å²) < 4.78 is 0. The van der Waals surface area contributed by atoms with Gasteiger partial charge in [0.05, 0.1) is 13.1 Å². The summed E-state index contributed by atoms with van der Waals surface area (Å²) in [6.45, 7) is 0.0302. The van der Waals surface area contributed by atoms with Crippen LogP contribution in [0.4, 0.5) is 0 Å². The maximum atomic E-state index is 10.3. The Hall–Kier alpha value is -0.620. The van der Waals surface area contributed by atoms with Crippen molar-refractivity contribution >= 4 is 27.9 Å². The number of aliphatic carboxylic acids is 2. The Morgan fingerprint density at radius 1 is 1.15 bits per heavy atom. The van der Waals surface area contributed by atoms with E-state index in [1.54, 1.807) is 0 Å². The third kappa shape index (κ3) is 7.73. The van der Waals surface area contributed by atoms with Gasteiger partial charge in [-0.2, -0.15) is 0 Å². The van der Waals surface area contributed by atoms with Gasteiger partial charge in [0, 0.05) is 11.9 Å². The molecule has 0 radical (unpaired) electrons. The minimum atomic E-state index is -1.00. The lowest BCUT2D eigenvalue weighted by Crippen LogP contribution is -2.35. The van der Waals surface area contributed by atoms with Crippen molar-refractivity contribution in [1.29, 1.82) is 0 Å². The summed E-state index contributed by atoms with van der Waals surface area (Å²) in [7, 11) is 0. The molecule has 0 heterocycles. The molecule has 0 aliphatic heterocycles. The lowest BCUT2D eigenvalue weighted by molar-refractivity contribution is -0.141. The van der Waals surface area contributed by atoms with Gasteiger partial charge in [-0.3, -0.25) is 14.5 Å². The van der Waals surface area contributed by atoms with Gasteiger partial charge in [0.1, 0.15) is 0 Å². The minimum Gasteiger partial charge on any atom is -0.480 e. The smallest absolute Gasteiger partial charge is 0.317 e. The van der Waals surface area contributed by atoms with Crippen LogP contribution in [0.1, 0.15) is 6.42 Å². The van der Waals surface area contributed by atoms with Gasteiger partial charge >= 0.3 is 11.9 Å². The van der Waals surface area contributed by atoms with Gasteiger partial charge in [-0.15, -0.1) is 0 Å². The average molecular weight is 254 g/mol. The first-order valence-electron chi connectivity index (χ1n) is 3.78. The third-order valence-corrected chi connectivity index (χ3v) is 1.89. The van der Waals surface area contributed by atoms with Crippen LogP contribution in [0, 0.1) is 0 Å². The van der Waals surface area contributed by atoms with E-state index < -0.39 is 11.9 Å². The first-order chi connectivity index (χ1) is 6.06. The Balaban J connectivity index is 3.87. The zero-order chi connectivity index (χ0) is 10.3. The van der Waals surface area contributed by atoms with Crippen molar-refractivity contribution in [2.45, 2.75) is 6.42 Å². The zero-order valence-electron chi connectivity index (χ0n) is 7.07. The van der Waals surface area contributed by atoms with Crippen LogP contribution in [0.2, 0.25) is 0 Å². The van der Waals surface area contributed by atoms with E-state index in [1.807, 2.05) is 0 Å². The molecule has 0 amide bonds. The number of alkyl halides is 1. The summed E-state index contributed by atoms with van der Waals surface area (Å²) in [5, 5.41) is 17.6. The van der Waals surface area contributed by atoms with Crippen LogP contribution in [0.25, 0.3) is 0 Å². The number of nitrogens with zero attached hydrogens (tertiary/aromatic N) is 1. The maximum Gasteiger partial charge on any atom is 0.317 e. The van der Waals surface area contributed by atoms with Crippen LogP contribution in [-0.2, 0) is 9.59 Å². The highest BCUT2D eigenvalue weighted by Gasteiger charge is 2.12. The molecule has 76 valence electrons. The van der Waals surface area contributed by atoms with Crippen molar-refractivity contribution in [3.05, 3.63) is 0 Å². The van der Waals surface area contributed by atoms with Gasteiger partial charge in [-0.05, 0) is 6.42 Å². The van der Waals surface area contributed by atoms with Crippen LogP contribution in [0.5, 0.6) is 0 Å². The Labute approximate surface area is 84.5 Å². The van der Waals surface area contributed by atoms with Gasteiger partial charge in [0.2, 0.25) is 0 Å². The van der Waals surface area contributed by atoms with Crippen molar-refractivity contribution in [1.82, 2.24) is 4.90 Å². The number of rotatable bonds is 7. The molecule has 0 atom stereocenters. The largest absolute Gasteiger partial charge is 0.480 e. The molecular weight excluding hydrogens is 242 g/mol. The first kappa shape index (κ1) is 12.4. The Morgan fingerprint density at radius 3 is 1.92 bits per heavy atom. The maximum absolute atomic E-state index is 10.3. The molecule has 0 bridgehead atoms. The Bertz CT molecular complexity index is 169. The molecule has 0 aromatic carbocycles. The summed E-state index contributed by atoms with van der Waals surface area (Å²) in [6.07, 6.45) is 0.737. The highest BCUT2D eigenvalue weighted by molar-refractivity contribution is 9.09. The van der Waals surface area contributed by atoms with Crippen LogP contribution in [0.3, 0.4) is 0 Å². The molecule has 0 aliphatic carbocycles. The van der Waals surface area contributed by atoms with Gasteiger partial charge in [0.15, 0.2) is 0 Å². The highest BCUT2D eigenvalue weighted by atomic mass is 79.9. The molecule has 0 aromatic heterocycles. The summed E-state index contributed by atoms with van der Waals surface area (Å²) in [4.78, 5) is 22.0. The number of hydrogen-bond acceptors (Lipinski definition) is 3. The molecule has 0 unspecified atom stereocenters. The molecule has 0 fully saturated rings. The van der Waals surface area contributed by atoms with Crippen molar-refractivity contribution in [3.63, 3.8) is 0 Å². The second-order valence-electron chi connectivity index (χ2n) is 2.54. The van der Waals surface area contributed by atoms with Crippen LogP contribution in [0.15, 0.2) is 0 Å². The summed E-state index contributed by atoms with van der Waals surface area (Å²) >= 11 is 3.19. The molecule has 6 heteroatoms. The summed E-state index contributed by atoms with van der Waals surface area (Å²) in [5.74, 6) is -2.01. The number of carbonyl (C=O) groups is 2. The predicted molar refractivity (Wildman–Crippen MR) is 50.1 cm³/mol. The molecule has 0 rings (SSSR count). The summed E-state index contributed by atoms with van der Waals surface area (Å²) in [6, 6.07) is 0. The van der Waals surface area contributed by atoms with Gasteiger partial charge in [-0.1, -0.05) is 15.9 Å². The number of carboxylic acid groups (broad SMARTS) is 2. The van der Waals surface area contributed by atoms with Crippen LogP contribution >= 0.6 is 15.9 Å². The molecule has 5 nitrogen and oxygen atoms in total. The molecule has 0 saturated carbocycles. The van der Waals surface area contributed by atoms with Gasteiger partial charge in [0.25, 0.3) is 0 Å². The Kier molecular flexibility index (Phi) is 6.52. The number of halogens is 1. The van der Waals surface area contributed by atoms with E-state index in [2.05, 4.69) is 15.9 Å². The van der Waals surface area contributed by atoms with E-state index in [4.69, 9.17) is 10.2 Å². The monoisotopic (exact) mass is 253 g/mol. The molecular formula is C7H12BrNO4.